The Morgan fingerprint density at radius 2 is 1.74 bits per heavy atom. The summed E-state index contributed by atoms with van der Waals surface area (Å²) in [7, 11) is 0. The molecule has 34 heavy (non-hydrogen) atoms. The van der Waals surface area contributed by atoms with Crippen LogP contribution in [0.25, 0.3) is 0 Å². The lowest BCUT2D eigenvalue weighted by Crippen LogP contribution is -2.36. The highest BCUT2D eigenvalue weighted by Gasteiger charge is 2.14. The van der Waals surface area contributed by atoms with E-state index in [2.05, 4.69) is 50.4 Å². The van der Waals surface area contributed by atoms with Crippen molar-refractivity contribution < 1.29 is 18.6 Å². The summed E-state index contributed by atoms with van der Waals surface area (Å²) >= 11 is 9.78. The van der Waals surface area contributed by atoms with Gasteiger partial charge in [-0.1, -0.05) is 33.6 Å². The van der Waals surface area contributed by atoms with Crippen molar-refractivity contribution >= 4 is 38.9 Å². The van der Waals surface area contributed by atoms with Crippen molar-refractivity contribution in [1.82, 2.24) is 0 Å². The van der Waals surface area contributed by atoms with Gasteiger partial charge in [-0.3, -0.25) is 0 Å². The second-order valence-electron chi connectivity index (χ2n) is 7.85. The van der Waals surface area contributed by atoms with Gasteiger partial charge in [0.1, 0.15) is 12.4 Å². The molecule has 8 heteroatoms. The number of hydrogen-bond acceptors (Lipinski definition) is 5. The van der Waals surface area contributed by atoms with Crippen LogP contribution in [0.1, 0.15) is 18.1 Å². The predicted octanol–water partition coefficient (Wildman–Crippen LogP) is 6.67. The molecule has 0 bridgehead atoms. The van der Waals surface area contributed by atoms with Crippen LogP contribution in [0, 0.1) is 5.82 Å². The van der Waals surface area contributed by atoms with Crippen molar-refractivity contribution in [1.29, 1.82) is 0 Å². The Morgan fingerprint density at radius 3 is 2.44 bits per heavy atom. The van der Waals surface area contributed by atoms with E-state index in [0.29, 0.717) is 35.2 Å². The molecule has 1 saturated heterocycles. The molecule has 0 aliphatic carbocycles. The zero-order chi connectivity index (χ0) is 23.9. The van der Waals surface area contributed by atoms with Gasteiger partial charge < -0.3 is 24.4 Å². The summed E-state index contributed by atoms with van der Waals surface area (Å²) in [5.74, 6) is 0.857. The molecule has 1 heterocycles. The van der Waals surface area contributed by atoms with Crippen molar-refractivity contribution in [3.05, 3.63) is 81.0 Å². The fraction of sp³-hybridized carbons (Fsp3) is 0.308. The maximum absolute atomic E-state index is 13.3. The molecule has 5 nitrogen and oxygen atoms in total. The first-order valence-corrected chi connectivity index (χ1v) is 12.4. The first kappa shape index (κ1) is 24.6. The summed E-state index contributed by atoms with van der Waals surface area (Å²) in [6.07, 6.45) is 0. The Bertz CT molecular complexity index is 1110. The van der Waals surface area contributed by atoms with E-state index in [-0.39, 0.29) is 12.4 Å². The third-order valence-corrected chi connectivity index (χ3v) is 6.63. The van der Waals surface area contributed by atoms with Crippen molar-refractivity contribution in [2.45, 2.75) is 20.1 Å². The standard InChI is InChI=1S/C26H27BrClFN2O3/c1-2-33-25-13-19(16-30-21-5-7-22(8-6-21)31-9-11-32-12-10-31)23(27)15-26(25)34-17-18-3-4-20(29)14-24(18)28/h3-8,13-15,30H,2,9-12,16-17H2,1H3. The number of morpholine rings is 1. The average Bonchev–Trinajstić information content (AvgIpc) is 2.85. The quantitative estimate of drug-likeness (QED) is 0.323. The number of halogens is 3. The van der Waals surface area contributed by atoms with Crippen molar-refractivity contribution in [3.63, 3.8) is 0 Å². The number of anilines is 2. The van der Waals surface area contributed by atoms with E-state index in [9.17, 15) is 4.39 Å². The molecule has 4 rings (SSSR count). The zero-order valence-corrected chi connectivity index (χ0v) is 21.3. The Kier molecular flexibility index (Phi) is 8.53. The van der Waals surface area contributed by atoms with Crippen LogP contribution in [0.4, 0.5) is 15.8 Å². The molecule has 3 aromatic carbocycles. The van der Waals surface area contributed by atoms with Gasteiger partial charge in [0, 0.05) is 41.0 Å². The lowest BCUT2D eigenvalue weighted by atomic mass is 10.2. The number of nitrogens with one attached hydrogen (secondary N) is 1. The normalized spacial score (nSPS) is 13.6. The maximum Gasteiger partial charge on any atom is 0.162 e. The molecule has 0 aromatic heterocycles. The van der Waals surface area contributed by atoms with E-state index >= 15 is 0 Å². The highest BCUT2D eigenvalue weighted by atomic mass is 79.9. The Hall–Kier alpha value is -2.48. The van der Waals surface area contributed by atoms with Crippen LogP contribution in [0.15, 0.2) is 59.1 Å². The molecule has 0 radical (unpaired) electrons. The van der Waals surface area contributed by atoms with Crippen molar-refractivity contribution in [2.24, 2.45) is 0 Å². The van der Waals surface area contributed by atoms with Crippen LogP contribution < -0.4 is 19.7 Å². The van der Waals surface area contributed by atoms with Gasteiger partial charge in [-0.15, -0.1) is 0 Å². The van der Waals surface area contributed by atoms with Crippen LogP contribution in [0.5, 0.6) is 11.5 Å². The molecule has 180 valence electrons. The van der Waals surface area contributed by atoms with Crippen molar-refractivity contribution in [2.75, 3.05) is 43.1 Å². The number of benzene rings is 3. The molecule has 0 atom stereocenters. The van der Waals surface area contributed by atoms with Gasteiger partial charge in [0.15, 0.2) is 11.5 Å². The van der Waals surface area contributed by atoms with Gasteiger partial charge in [0.05, 0.1) is 24.8 Å². The summed E-state index contributed by atoms with van der Waals surface area (Å²) in [4.78, 5) is 2.33. The number of nitrogens with zero attached hydrogens (tertiary/aromatic N) is 1. The van der Waals surface area contributed by atoms with Crippen molar-refractivity contribution in [3.8, 4) is 11.5 Å². The molecule has 3 aromatic rings. The zero-order valence-electron chi connectivity index (χ0n) is 19.0. The Morgan fingerprint density at radius 1 is 1.00 bits per heavy atom. The third-order valence-electron chi connectivity index (χ3n) is 5.54. The minimum Gasteiger partial charge on any atom is -0.490 e. The van der Waals surface area contributed by atoms with Gasteiger partial charge in [-0.25, -0.2) is 4.39 Å². The smallest absolute Gasteiger partial charge is 0.162 e. The van der Waals surface area contributed by atoms with Crippen LogP contribution >= 0.6 is 27.5 Å². The summed E-state index contributed by atoms with van der Waals surface area (Å²) in [5.41, 5.74) is 3.98. The lowest BCUT2D eigenvalue weighted by Gasteiger charge is -2.29. The molecular weight excluding hydrogens is 523 g/mol. The van der Waals surface area contributed by atoms with Gasteiger partial charge in [0.25, 0.3) is 0 Å². The minimum atomic E-state index is -0.376. The van der Waals surface area contributed by atoms with E-state index in [1.165, 1.54) is 17.8 Å². The molecule has 1 aliphatic heterocycles. The molecule has 0 unspecified atom stereocenters. The van der Waals surface area contributed by atoms with E-state index < -0.39 is 0 Å². The fourth-order valence-corrected chi connectivity index (χ4v) is 4.38. The largest absolute Gasteiger partial charge is 0.490 e. The summed E-state index contributed by atoms with van der Waals surface area (Å²) < 4.78 is 31.4. The second kappa shape index (κ2) is 11.8. The second-order valence-corrected chi connectivity index (χ2v) is 9.11. The predicted molar refractivity (Wildman–Crippen MR) is 138 cm³/mol. The summed E-state index contributed by atoms with van der Waals surface area (Å²) in [6, 6.07) is 16.6. The number of rotatable bonds is 9. The average molecular weight is 550 g/mol. The summed E-state index contributed by atoms with van der Waals surface area (Å²) in [5, 5.41) is 3.80. The minimum absolute atomic E-state index is 0.207. The molecular formula is C26H27BrClFN2O3. The molecule has 0 saturated carbocycles. The lowest BCUT2D eigenvalue weighted by molar-refractivity contribution is 0.122. The van der Waals surface area contributed by atoms with Gasteiger partial charge in [-0.2, -0.15) is 0 Å². The Labute approximate surface area is 212 Å². The van der Waals surface area contributed by atoms with E-state index in [0.717, 1.165) is 42.0 Å². The topological polar surface area (TPSA) is 43.0 Å². The molecule has 1 fully saturated rings. The van der Waals surface area contributed by atoms with E-state index in [4.69, 9.17) is 25.8 Å². The first-order valence-electron chi connectivity index (χ1n) is 11.2. The third kappa shape index (κ3) is 6.34. The Balaban J connectivity index is 1.42. The molecule has 1 N–H and O–H groups in total. The van der Waals surface area contributed by atoms with Crippen LogP contribution in [-0.4, -0.2) is 32.9 Å². The SMILES string of the molecule is CCOc1cc(CNc2ccc(N3CCOCC3)cc2)c(Br)cc1OCc1ccc(F)cc1Cl. The molecule has 1 aliphatic rings. The number of hydrogen-bond donors (Lipinski definition) is 1. The highest BCUT2D eigenvalue weighted by Crippen LogP contribution is 2.35. The van der Waals surface area contributed by atoms with Crippen LogP contribution in [-0.2, 0) is 17.9 Å². The summed E-state index contributed by atoms with van der Waals surface area (Å²) in [6.45, 7) is 6.63. The van der Waals surface area contributed by atoms with E-state index in [1.54, 1.807) is 6.07 Å². The van der Waals surface area contributed by atoms with Gasteiger partial charge in [0.2, 0.25) is 0 Å². The van der Waals surface area contributed by atoms with Crippen LogP contribution in [0.2, 0.25) is 5.02 Å². The van der Waals surface area contributed by atoms with Gasteiger partial charge >= 0.3 is 0 Å². The van der Waals surface area contributed by atoms with Gasteiger partial charge in [-0.05, 0) is 61.0 Å². The highest BCUT2D eigenvalue weighted by molar-refractivity contribution is 9.10. The molecule has 0 spiro atoms. The van der Waals surface area contributed by atoms with E-state index in [1.807, 2.05) is 19.1 Å². The number of ether oxygens (including phenoxy) is 3. The monoisotopic (exact) mass is 548 g/mol. The maximum atomic E-state index is 13.3. The fourth-order valence-electron chi connectivity index (χ4n) is 3.70. The van der Waals surface area contributed by atoms with Crippen LogP contribution in [0.3, 0.4) is 0 Å². The first-order chi connectivity index (χ1) is 16.5. The molecule has 0 amide bonds.